The molecule has 0 bridgehead atoms. The average Bonchev–Trinajstić information content (AvgIpc) is 2.82. The number of hydrogen-bond acceptors (Lipinski definition) is 3. The normalized spacial score (nSPS) is 12.6. The highest BCUT2D eigenvalue weighted by Gasteiger charge is 2.19. The molecular formula is C13H17BrN4. The van der Waals surface area contributed by atoms with Gasteiger partial charge in [0.2, 0.25) is 0 Å². The van der Waals surface area contributed by atoms with Gasteiger partial charge < -0.3 is 5.32 Å². The standard InChI is InChI=1S/C13H17BrN4/c1-3-9-18-11(6-8-17-18)13(15-2)12-10(14)5-4-7-16-12/h4-8,13,15H,3,9H2,1-2H3. The molecule has 96 valence electrons. The predicted molar refractivity (Wildman–Crippen MR) is 75.4 cm³/mol. The maximum atomic E-state index is 4.46. The fourth-order valence-corrected chi connectivity index (χ4v) is 2.51. The van der Waals surface area contributed by atoms with Gasteiger partial charge in [-0.3, -0.25) is 9.67 Å². The van der Waals surface area contributed by atoms with Gasteiger partial charge in [0.1, 0.15) is 0 Å². The lowest BCUT2D eigenvalue weighted by atomic mass is 10.1. The summed E-state index contributed by atoms with van der Waals surface area (Å²) in [6, 6.07) is 6.02. The van der Waals surface area contributed by atoms with Crippen LogP contribution < -0.4 is 5.32 Å². The van der Waals surface area contributed by atoms with Crippen LogP contribution in [0.15, 0.2) is 35.1 Å². The molecule has 2 aromatic heterocycles. The van der Waals surface area contributed by atoms with Gasteiger partial charge in [0.25, 0.3) is 0 Å². The van der Waals surface area contributed by atoms with E-state index < -0.39 is 0 Å². The van der Waals surface area contributed by atoms with E-state index in [4.69, 9.17) is 0 Å². The number of rotatable bonds is 5. The van der Waals surface area contributed by atoms with E-state index in [2.05, 4.69) is 38.3 Å². The van der Waals surface area contributed by atoms with Crippen molar-refractivity contribution in [3.63, 3.8) is 0 Å². The van der Waals surface area contributed by atoms with Crippen LogP contribution in [-0.2, 0) is 6.54 Å². The Hall–Kier alpha value is -1.20. The zero-order valence-electron chi connectivity index (χ0n) is 10.6. The minimum absolute atomic E-state index is 0.0506. The third-order valence-electron chi connectivity index (χ3n) is 2.83. The first-order valence-corrected chi connectivity index (χ1v) is 6.86. The summed E-state index contributed by atoms with van der Waals surface area (Å²) >= 11 is 3.55. The minimum Gasteiger partial charge on any atom is -0.307 e. The van der Waals surface area contributed by atoms with Gasteiger partial charge in [-0.05, 0) is 47.6 Å². The van der Waals surface area contributed by atoms with Crippen LogP contribution in [0.25, 0.3) is 0 Å². The summed E-state index contributed by atoms with van der Waals surface area (Å²) in [5, 5.41) is 7.67. The second kappa shape index (κ2) is 6.11. The Morgan fingerprint density at radius 3 is 2.89 bits per heavy atom. The SMILES string of the molecule is CCCn1nccc1C(NC)c1ncccc1Br. The number of aromatic nitrogens is 3. The first-order chi connectivity index (χ1) is 8.77. The Morgan fingerprint density at radius 1 is 1.39 bits per heavy atom. The number of halogens is 1. The van der Waals surface area contributed by atoms with Gasteiger partial charge in [-0.15, -0.1) is 0 Å². The van der Waals surface area contributed by atoms with E-state index in [1.54, 1.807) is 0 Å². The molecule has 0 fully saturated rings. The lowest BCUT2D eigenvalue weighted by Gasteiger charge is -2.18. The maximum Gasteiger partial charge on any atom is 0.0931 e. The molecule has 0 radical (unpaired) electrons. The summed E-state index contributed by atoms with van der Waals surface area (Å²) in [4.78, 5) is 4.46. The Kier molecular flexibility index (Phi) is 4.49. The van der Waals surface area contributed by atoms with Crippen LogP contribution in [0.5, 0.6) is 0 Å². The van der Waals surface area contributed by atoms with E-state index in [9.17, 15) is 0 Å². The number of aryl methyl sites for hydroxylation is 1. The van der Waals surface area contributed by atoms with Crippen molar-refractivity contribution in [2.24, 2.45) is 0 Å². The van der Waals surface area contributed by atoms with Crippen molar-refractivity contribution in [2.45, 2.75) is 25.9 Å². The fourth-order valence-electron chi connectivity index (χ4n) is 2.02. The lowest BCUT2D eigenvalue weighted by molar-refractivity contribution is 0.528. The number of nitrogens with one attached hydrogen (secondary N) is 1. The van der Waals surface area contributed by atoms with Crippen molar-refractivity contribution in [1.29, 1.82) is 0 Å². The van der Waals surface area contributed by atoms with Crippen LogP contribution in [0, 0.1) is 0 Å². The summed E-state index contributed by atoms with van der Waals surface area (Å²) in [6.45, 7) is 3.07. The Labute approximate surface area is 116 Å². The number of hydrogen-bond donors (Lipinski definition) is 1. The first kappa shape index (κ1) is 13.2. The average molecular weight is 309 g/mol. The van der Waals surface area contributed by atoms with E-state index in [1.165, 1.54) is 0 Å². The molecule has 0 aromatic carbocycles. The quantitative estimate of drug-likeness (QED) is 0.923. The maximum absolute atomic E-state index is 4.46. The van der Waals surface area contributed by atoms with E-state index in [0.717, 1.165) is 28.8 Å². The smallest absolute Gasteiger partial charge is 0.0931 e. The second-order valence-corrected chi connectivity index (χ2v) is 4.93. The van der Waals surface area contributed by atoms with E-state index >= 15 is 0 Å². The summed E-state index contributed by atoms with van der Waals surface area (Å²) < 4.78 is 3.04. The third-order valence-corrected chi connectivity index (χ3v) is 3.50. The zero-order chi connectivity index (χ0) is 13.0. The molecule has 0 aliphatic rings. The van der Waals surface area contributed by atoms with Gasteiger partial charge in [-0.25, -0.2) is 0 Å². The Bertz CT molecular complexity index is 509. The number of nitrogens with zero attached hydrogens (tertiary/aromatic N) is 3. The highest BCUT2D eigenvalue weighted by molar-refractivity contribution is 9.10. The monoisotopic (exact) mass is 308 g/mol. The Morgan fingerprint density at radius 2 is 2.22 bits per heavy atom. The van der Waals surface area contributed by atoms with E-state index in [1.807, 2.05) is 42.3 Å². The molecule has 5 heteroatoms. The molecule has 1 unspecified atom stereocenters. The van der Waals surface area contributed by atoms with Crippen LogP contribution in [0.1, 0.15) is 30.8 Å². The lowest BCUT2D eigenvalue weighted by Crippen LogP contribution is -2.23. The summed E-state index contributed by atoms with van der Waals surface area (Å²) in [5.41, 5.74) is 2.12. The van der Waals surface area contributed by atoms with Crippen molar-refractivity contribution in [3.8, 4) is 0 Å². The summed E-state index contributed by atoms with van der Waals surface area (Å²) in [7, 11) is 1.94. The molecule has 2 aromatic rings. The summed E-state index contributed by atoms with van der Waals surface area (Å²) in [6.07, 6.45) is 4.71. The first-order valence-electron chi connectivity index (χ1n) is 6.07. The number of pyridine rings is 1. The molecule has 0 saturated heterocycles. The molecular weight excluding hydrogens is 292 g/mol. The third kappa shape index (κ3) is 2.62. The molecule has 2 heterocycles. The molecule has 0 aliphatic heterocycles. The minimum atomic E-state index is 0.0506. The Balaban J connectivity index is 2.39. The highest BCUT2D eigenvalue weighted by atomic mass is 79.9. The van der Waals surface area contributed by atoms with Gasteiger partial charge in [-0.2, -0.15) is 5.10 Å². The molecule has 0 aliphatic carbocycles. The molecule has 0 amide bonds. The van der Waals surface area contributed by atoms with Gasteiger partial charge in [0.05, 0.1) is 17.4 Å². The van der Waals surface area contributed by atoms with Gasteiger partial charge >= 0.3 is 0 Å². The molecule has 1 atom stereocenters. The predicted octanol–water partition coefficient (Wildman–Crippen LogP) is 2.76. The largest absolute Gasteiger partial charge is 0.307 e. The van der Waals surface area contributed by atoms with Crippen LogP contribution in [-0.4, -0.2) is 21.8 Å². The van der Waals surface area contributed by atoms with Gasteiger partial charge in [0.15, 0.2) is 0 Å². The second-order valence-electron chi connectivity index (χ2n) is 4.07. The topological polar surface area (TPSA) is 42.7 Å². The van der Waals surface area contributed by atoms with Crippen molar-refractivity contribution in [3.05, 3.63) is 46.5 Å². The van der Waals surface area contributed by atoms with Crippen molar-refractivity contribution >= 4 is 15.9 Å². The van der Waals surface area contributed by atoms with Crippen LogP contribution >= 0.6 is 15.9 Å². The molecule has 2 rings (SSSR count). The molecule has 4 nitrogen and oxygen atoms in total. The van der Waals surface area contributed by atoms with Crippen LogP contribution in [0.3, 0.4) is 0 Å². The van der Waals surface area contributed by atoms with Crippen LogP contribution in [0.2, 0.25) is 0 Å². The van der Waals surface area contributed by atoms with Crippen molar-refractivity contribution in [1.82, 2.24) is 20.1 Å². The van der Waals surface area contributed by atoms with Crippen molar-refractivity contribution in [2.75, 3.05) is 7.05 Å². The molecule has 1 N–H and O–H groups in total. The summed E-state index contributed by atoms with van der Waals surface area (Å²) in [5.74, 6) is 0. The molecule has 18 heavy (non-hydrogen) atoms. The molecule has 0 saturated carbocycles. The zero-order valence-corrected chi connectivity index (χ0v) is 12.2. The van der Waals surface area contributed by atoms with E-state index in [-0.39, 0.29) is 6.04 Å². The van der Waals surface area contributed by atoms with E-state index in [0.29, 0.717) is 0 Å². The molecule has 0 spiro atoms. The fraction of sp³-hybridized carbons (Fsp3) is 0.385. The van der Waals surface area contributed by atoms with Crippen LogP contribution in [0.4, 0.5) is 0 Å². The van der Waals surface area contributed by atoms with Gasteiger partial charge in [0, 0.05) is 23.4 Å². The van der Waals surface area contributed by atoms with Crippen molar-refractivity contribution < 1.29 is 0 Å². The van der Waals surface area contributed by atoms with Gasteiger partial charge in [-0.1, -0.05) is 6.92 Å². The highest BCUT2D eigenvalue weighted by Crippen LogP contribution is 2.26.